The van der Waals surface area contributed by atoms with Gasteiger partial charge in [0, 0.05) is 37.3 Å². The maximum Gasteiger partial charge on any atom is 0.337 e. The van der Waals surface area contributed by atoms with Gasteiger partial charge in [-0.05, 0) is 53.9 Å². The first-order valence-corrected chi connectivity index (χ1v) is 16.1. The summed E-state index contributed by atoms with van der Waals surface area (Å²) in [7, 11) is 3.09. The van der Waals surface area contributed by atoms with Crippen LogP contribution in [0.1, 0.15) is 46.9 Å². The summed E-state index contributed by atoms with van der Waals surface area (Å²) in [4.78, 5) is 19.9. The summed E-state index contributed by atoms with van der Waals surface area (Å²) < 4.78 is 24.7. The Morgan fingerprint density at radius 3 is 2.28 bits per heavy atom. The normalized spacial score (nSPS) is 12.3. The van der Waals surface area contributed by atoms with Gasteiger partial charge in [-0.25, -0.2) is 9.78 Å². The van der Waals surface area contributed by atoms with Crippen LogP contribution in [0.2, 0.25) is 0 Å². The molecule has 2 heterocycles. The zero-order valence-electron chi connectivity index (χ0n) is 27.3. The van der Waals surface area contributed by atoms with Gasteiger partial charge >= 0.3 is 5.97 Å². The number of unbranched alkanes of at least 4 members (excludes halogenated alkanes) is 1. The van der Waals surface area contributed by atoms with E-state index in [2.05, 4.69) is 64.9 Å². The molecule has 1 aromatic heterocycles. The highest BCUT2D eigenvalue weighted by molar-refractivity contribution is 5.89. The molecule has 4 aromatic carbocycles. The fraction of sp³-hybridized carbons (Fsp3) is 0.282. The molecule has 0 bridgehead atoms. The molecule has 1 aliphatic heterocycles. The molecular formula is C39H41N3O5. The molecule has 47 heavy (non-hydrogen) atoms. The molecule has 8 nitrogen and oxygen atoms in total. The smallest absolute Gasteiger partial charge is 0.337 e. The lowest BCUT2D eigenvalue weighted by atomic mass is 10.1. The second-order valence-corrected chi connectivity index (χ2v) is 11.6. The van der Waals surface area contributed by atoms with Gasteiger partial charge in [0.25, 0.3) is 0 Å². The van der Waals surface area contributed by atoms with Crippen molar-refractivity contribution in [1.29, 1.82) is 0 Å². The van der Waals surface area contributed by atoms with E-state index in [9.17, 15) is 4.79 Å². The molecule has 0 amide bonds. The summed E-state index contributed by atoms with van der Waals surface area (Å²) in [6, 6.07) is 32.4. The molecule has 1 aliphatic rings. The highest BCUT2D eigenvalue weighted by Gasteiger charge is 2.23. The number of carbonyl (C=O) groups is 1. The van der Waals surface area contributed by atoms with Crippen LogP contribution in [0.15, 0.2) is 97.1 Å². The maximum absolute atomic E-state index is 12.1. The van der Waals surface area contributed by atoms with E-state index in [1.165, 1.54) is 7.11 Å². The molecule has 6 rings (SSSR count). The topological polar surface area (TPSA) is 75.1 Å². The Balaban J connectivity index is 1.44. The number of esters is 1. The van der Waals surface area contributed by atoms with Crippen molar-refractivity contribution in [2.75, 3.05) is 27.4 Å². The van der Waals surface area contributed by atoms with E-state index in [1.807, 2.05) is 48.5 Å². The minimum absolute atomic E-state index is 0.346. The standard InChI is InChI=1S/C39H41N3O5/c1-4-5-20-42-34(37(32-12-9-13-33(24-32)44-2)40-38(42)30-10-7-6-8-11-30)27-41(25-28-14-17-31(18-15-28)39(43)45-3)26-29-16-19-35-36(23-29)47-22-21-46-35/h6-19,23-24H,4-5,20-22,25-27H2,1-3H3. The zero-order chi connectivity index (χ0) is 32.6. The molecule has 0 spiro atoms. The van der Waals surface area contributed by atoms with Gasteiger partial charge in [-0.2, -0.15) is 0 Å². The fourth-order valence-electron chi connectivity index (χ4n) is 5.96. The molecule has 0 saturated heterocycles. The van der Waals surface area contributed by atoms with Crippen molar-refractivity contribution < 1.29 is 23.7 Å². The lowest BCUT2D eigenvalue weighted by Gasteiger charge is -2.26. The van der Waals surface area contributed by atoms with Crippen molar-refractivity contribution in [2.24, 2.45) is 0 Å². The van der Waals surface area contributed by atoms with Crippen LogP contribution in [0, 0.1) is 0 Å². The van der Waals surface area contributed by atoms with E-state index in [0.29, 0.717) is 38.4 Å². The number of methoxy groups -OCH3 is 2. The van der Waals surface area contributed by atoms with Gasteiger partial charge in [0.15, 0.2) is 11.5 Å². The summed E-state index contributed by atoms with van der Waals surface area (Å²) in [6.45, 7) is 6.09. The third-order valence-electron chi connectivity index (χ3n) is 8.35. The minimum Gasteiger partial charge on any atom is -0.497 e. The van der Waals surface area contributed by atoms with E-state index in [0.717, 1.165) is 76.1 Å². The molecule has 0 atom stereocenters. The number of nitrogens with zero attached hydrogens (tertiary/aromatic N) is 3. The molecule has 0 aliphatic carbocycles. The first-order chi connectivity index (χ1) is 23.1. The van der Waals surface area contributed by atoms with Gasteiger partial charge in [0.1, 0.15) is 24.8 Å². The van der Waals surface area contributed by atoms with Crippen LogP contribution in [-0.4, -0.2) is 47.9 Å². The lowest BCUT2D eigenvalue weighted by Crippen LogP contribution is -2.25. The predicted molar refractivity (Wildman–Crippen MR) is 183 cm³/mol. The van der Waals surface area contributed by atoms with Crippen LogP contribution >= 0.6 is 0 Å². The summed E-state index contributed by atoms with van der Waals surface area (Å²) in [5, 5.41) is 0. The first-order valence-electron chi connectivity index (χ1n) is 16.1. The molecular weight excluding hydrogens is 590 g/mol. The number of benzene rings is 4. The molecule has 0 N–H and O–H groups in total. The van der Waals surface area contributed by atoms with Crippen molar-refractivity contribution in [3.8, 4) is 39.9 Å². The Hall–Kier alpha value is -5.08. The van der Waals surface area contributed by atoms with Crippen molar-refractivity contribution >= 4 is 5.97 Å². The monoisotopic (exact) mass is 631 g/mol. The second kappa shape index (κ2) is 15.0. The van der Waals surface area contributed by atoms with E-state index in [1.54, 1.807) is 7.11 Å². The number of fused-ring (bicyclic) bond motifs is 1. The van der Waals surface area contributed by atoms with Gasteiger partial charge in [-0.15, -0.1) is 0 Å². The lowest BCUT2D eigenvalue weighted by molar-refractivity contribution is 0.0600. The largest absolute Gasteiger partial charge is 0.497 e. The molecule has 0 saturated carbocycles. The average Bonchev–Trinajstić information content (AvgIpc) is 3.48. The van der Waals surface area contributed by atoms with Gasteiger partial charge in [0.05, 0.1) is 31.2 Å². The summed E-state index contributed by atoms with van der Waals surface area (Å²) in [5.41, 5.74) is 6.89. The van der Waals surface area contributed by atoms with Crippen LogP contribution < -0.4 is 14.2 Å². The van der Waals surface area contributed by atoms with Crippen LogP contribution in [0.4, 0.5) is 0 Å². The summed E-state index contributed by atoms with van der Waals surface area (Å²) in [5.74, 6) is 2.94. The van der Waals surface area contributed by atoms with Crippen molar-refractivity contribution in [1.82, 2.24) is 14.5 Å². The highest BCUT2D eigenvalue weighted by Crippen LogP contribution is 2.35. The second-order valence-electron chi connectivity index (χ2n) is 11.6. The van der Waals surface area contributed by atoms with Gasteiger partial charge in [0.2, 0.25) is 0 Å². The Labute approximate surface area is 276 Å². The highest BCUT2D eigenvalue weighted by atomic mass is 16.6. The zero-order valence-corrected chi connectivity index (χ0v) is 27.3. The van der Waals surface area contributed by atoms with E-state index in [-0.39, 0.29) is 5.97 Å². The number of hydrogen-bond donors (Lipinski definition) is 0. The SMILES string of the molecule is CCCCn1c(-c2ccccc2)nc(-c2cccc(OC)c2)c1CN(Cc1ccc(C(=O)OC)cc1)Cc1ccc2c(c1)OCCO2. The van der Waals surface area contributed by atoms with E-state index < -0.39 is 0 Å². The van der Waals surface area contributed by atoms with Crippen molar-refractivity contribution in [3.05, 3.63) is 119 Å². The average molecular weight is 632 g/mol. The van der Waals surface area contributed by atoms with Crippen molar-refractivity contribution in [2.45, 2.75) is 45.9 Å². The molecule has 8 heteroatoms. The van der Waals surface area contributed by atoms with Crippen molar-refractivity contribution in [3.63, 3.8) is 0 Å². The number of carbonyl (C=O) groups excluding carboxylic acids is 1. The number of imidazole rings is 1. The number of hydrogen-bond acceptors (Lipinski definition) is 7. The molecule has 242 valence electrons. The van der Waals surface area contributed by atoms with Crippen LogP contribution in [0.25, 0.3) is 22.6 Å². The predicted octanol–water partition coefficient (Wildman–Crippen LogP) is 7.79. The number of rotatable bonds is 13. The van der Waals surface area contributed by atoms with Crippen LogP contribution in [0.5, 0.6) is 17.2 Å². The van der Waals surface area contributed by atoms with Gasteiger partial charge < -0.3 is 23.5 Å². The number of ether oxygens (including phenoxy) is 4. The van der Waals surface area contributed by atoms with Gasteiger partial charge in [-0.1, -0.05) is 74.0 Å². The third-order valence-corrected chi connectivity index (χ3v) is 8.35. The maximum atomic E-state index is 12.1. The molecule has 0 fully saturated rings. The molecule has 0 unspecified atom stereocenters. The quantitative estimate of drug-likeness (QED) is 0.123. The molecule has 5 aromatic rings. The third kappa shape index (κ3) is 7.50. The van der Waals surface area contributed by atoms with Crippen LogP contribution in [-0.2, 0) is 30.9 Å². The number of aromatic nitrogens is 2. The minimum atomic E-state index is -0.346. The van der Waals surface area contributed by atoms with Gasteiger partial charge in [-0.3, -0.25) is 4.90 Å². The Morgan fingerprint density at radius 2 is 1.53 bits per heavy atom. The summed E-state index contributed by atoms with van der Waals surface area (Å²) in [6.07, 6.45) is 2.09. The Bertz CT molecular complexity index is 1800. The molecule has 0 radical (unpaired) electrons. The Kier molecular flexibility index (Phi) is 10.2. The first kappa shape index (κ1) is 31.9. The van der Waals surface area contributed by atoms with Crippen LogP contribution in [0.3, 0.4) is 0 Å². The van der Waals surface area contributed by atoms with E-state index >= 15 is 0 Å². The van der Waals surface area contributed by atoms with E-state index in [4.69, 9.17) is 23.9 Å². The Morgan fingerprint density at radius 1 is 0.809 bits per heavy atom. The summed E-state index contributed by atoms with van der Waals surface area (Å²) >= 11 is 0. The fourth-order valence-corrected chi connectivity index (χ4v) is 5.96.